The molecule has 29 heavy (non-hydrogen) atoms. The van der Waals surface area contributed by atoms with Gasteiger partial charge >= 0.3 is 0 Å². The molecule has 0 bridgehead atoms. The minimum atomic E-state index is -0.476. The van der Waals surface area contributed by atoms with Crippen LogP contribution in [0.1, 0.15) is 24.5 Å². The normalized spacial score (nSPS) is 16.0. The quantitative estimate of drug-likeness (QED) is 0.404. The van der Waals surface area contributed by atoms with Crippen molar-refractivity contribution in [3.63, 3.8) is 0 Å². The van der Waals surface area contributed by atoms with Crippen LogP contribution < -0.4 is 10.2 Å². The van der Waals surface area contributed by atoms with Crippen molar-refractivity contribution in [2.24, 2.45) is 0 Å². The average molecular weight is 404 g/mol. The summed E-state index contributed by atoms with van der Waals surface area (Å²) >= 11 is 5.28. The van der Waals surface area contributed by atoms with E-state index in [1.165, 1.54) is 4.90 Å². The number of rotatable bonds is 4. The van der Waals surface area contributed by atoms with E-state index in [2.05, 4.69) is 16.8 Å². The number of aryl methyl sites for hydroxylation is 2. The lowest BCUT2D eigenvalue weighted by atomic mass is 10.1. The number of aromatic nitrogens is 1. The highest BCUT2D eigenvalue weighted by Gasteiger charge is 2.34. The standard InChI is InChI=1S/C23H21N3O2S/c1-3-11-25-14-16(18-9-4-5-10-20(18)25)13-19-21(27)24-23(29)26(22(19)28)17-8-6-7-15(2)12-17/h4-10,12-14H,3,11H2,1-2H3,(H,24,27,29)/b19-13-. The van der Waals surface area contributed by atoms with E-state index in [-0.39, 0.29) is 10.7 Å². The Kier molecular flexibility index (Phi) is 5.03. The molecule has 1 N–H and O–H groups in total. The third-order valence-corrected chi connectivity index (χ3v) is 5.23. The van der Waals surface area contributed by atoms with E-state index < -0.39 is 11.8 Å². The first kappa shape index (κ1) is 19.1. The van der Waals surface area contributed by atoms with Crippen molar-refractivity contribution in [1.82, 2.24) is 9.88 Å². The third kappa shape index (κ3) is 3.47. The predicted octanol–water partition coefficient (Wildman–Crippen LogP) is 4.19. The summed E-state index contributed by atoms with van der Waals surface area (Å²) in [4.78, 5) is 27.2. The molecule has 1 aliphatic rings. The maximum atomic E-state index is 13.2. The average Bonchev–Trinajstić information content (AvgIpc) is 3.03. The Bertz CT molecular complexity index is 1180. The minimum Gasteiger partial charge on any atom is -0.347 e. The zero-order chi connectivity index (χ0) is 20.5. The lowest BCUT2D eigenvalue weighted by molar-refractivity contribution is -0.122. The van der Waals surface area contributed by atoms with Gasteiger partial charge in [-0.2, -0.15) is 0 Å². The van der Waals surface area contributed by atoms with Gasteiger partial charge in [0.15, 0.2) is 5.11 Å². The highest BCUT2D eigenvalue weighted by atomic mass is 32.1. The van der Waals surface area contributed by atoms with Crippen LogP contribution in [-0.4, -0.2) is 21.5 Å². The van der Waals surface area contributed by atoms with E-state index in [0.717, 1.165) is 35.0 Å². The molecule has 0 saturated carbocycles. The second kappa shape index (κ2) is 7.64. The summed E-state index contributed by atoms with van der Waals surface area (Å²) in [5.41, 5.74) is 3.63. The zero-order valence-corrected chi connectivity index (χ0v) is 17.1. The highest BCUT2D eigenvalue weighted by molar-refractivity contribution is 7.80. The summed E-state index contributed by atoms with van der Waals surface area (Å²) in [6.45, 7) is 4.92. The number of para-hydroxylation sites is 1. The van der Waals surface area contributed by atoms with E-state index in [1.54, 1.807) is 12.1 Å². The van der Waals surface area contributed by atoms with Gasteiger partial charge in [0.2, 0.25) is 0 Å². The van der Waals surface area contributed by atoms with E-state index in [9.17, 15) is 9.59 Å². The Labute approximate surface area is 174 Å². The van der Waals surface area contributed by atoms with Gasteiger partial charge in [-0.05, 0) is 55.4 Å². The summed E-state index contributed by atoms with van der Waals surface area (Å²) in [5, 5.41) is 3.75. The van der Waals surface area contributed by atoms with Gasteiger partial charge in [-0.25, -0.2) is 0 Å². The molecule has 1 fully saturated rings. The molecule has 1 saturated heterocycles. The van der Waals surface area contributed by atoms with E-state index >= 15 is 0 Å². The number of hydrogen-bond acceptors (Lipinski definition) is 3. The number of fused-ring (bicyclic) bond motifs is 1. The zero-order valence-electron chi connectivity index (χ0n) is 16.3. The molecule has 146 valence electrons. The van der Waals surface area contributed by atoms with Gasteiger partial charge in [-0.1, -0.05) is 37.3 Å². The topological polar surface area (TPSA) is 54.3 Å². The molecule has 0 radical (unpaired) electrons. The van der Waals surface area contributed by atoms with Crippen molar-refractivity contribution in [1.29, 1.82) is 0 Å². The van der Waals surface area contributed by atoms with Crippen molar-refractivity contribution in [3.05, 3.63) is 71.4 Å². The molecule has 4 rings (SSSR count). The number of benzene rings is 2. The molecule has 5 nitrogen and oxygen atoms in total. The van der Waals surface area contributed by atoms with Crippen molar-refractivity contribution >= 4 is 51.8 Å². The number of nitrogens with one attached hydrogen (secondary N) is 1. The SMILES string of the molecule is CCCn1cc(/C=C2/C(=O)NC(=S)N(c3cccc(C)c3)C2=O)c2ccccc21. The lowest BCUT2D eigenvalue weighted by Crippen LogP contribution is -2.54. The van der Waals surface area contributed by atoms with Gasteiger partial charge < -0.3 is 4.57 Å². The molecule has 2 heterocycles. The van der Waals surface area contributed by atoms with E-state index in [1.807, 2.05) is 55.6 Å². The van der Waals surface area contributed by atoms with Crippen LogP contribution in [-0.2, 0) is 16.1 Å². The minimum absolute atomic E-state index is 0.0690. The van der Waals surface area contributed by atoms with Gasteiger partial charge in [0.1, 0.15) is 5.57 Å². The molecule has 0 spiro atoms. The number of thiocarbonyl (C=S) groups is 1. The van der Waals surface area contributed by atoms with Crippen molar-refractivity contribution in [3.8, 4) is 0 Å². The van der Waals surface area contributed by atoms with Crippen molar-refractivity contribution in [2.75, 3.05) is 4.90 Å². The van der Waals surface area contributed by atoms with Crippen LogP contribution in [0.2, 0.25) is 0 Å². The van der Waals surface area contributed by atoms with Crippen molar-refractivity contribution in [2.45, 2.75) is 26.8 Å². The van der Waals surface area contributed by atoms with Gasteiger partial charge in [-0.3, -0.25) is 19.8 Å². The van der Waals surface area contributed by atoms with Gasteiger partial charge in [0, 0.05) is 29.2 Å². The Morgan fingerprint density at radius 2 is 1.90 bits per heavy atom. The monoisotopic (exact) mass is 403 g/mol. The molecule has 2 aromatic carbocycles. The first-order valence-corrected chi connectivity index (χ1v) is 9.96. The number of nitrogens with zero attached hydrogens (tertiary/aromatic N) is 2. The van der Waals surface area contributed by atoms with Crippen LogP contribution in [0.25, 0.3) is 17.0 Å². The number of amides is 2. The summed E-state index contributed by atoms with van der Waals surface area (Å²) in [5.74, 6) is -0.895. The van der Waals surface area contributed by atoms with Crippen LogP contribution in [0.15, 0.2) is 60.3 Å². The van der Waals surface area contributed by atoms with Gasteiger partial charge in [0.25, 0.3) is 11.8 Å². The summed E-state index contributed by atoms with van der Waals surface area (Å²) in [7, 11) is 0. The number of carbonyl (C=O) groups is 2. The second-order valence-electron chi connectivity index (χ2n) is 7.09. The van der Waals surface area contributed by atoms with Crippen LogP contribution in [0.5, 0.6) is 0 Å². The van der Waals surface area contributed by atoms with Gasteiger partial charge in [-0.15, -0.1) is 0 Å². The van der Waals surface area contributed by atoms with Crippen LogP contribution in [0.3, 0.4) is 0 Å². The number of anilines is 1. The van der Waals surface area contributed by atoms with Crippen molar-refractivity contribution < 1.29 is 9.59 Å². The maximum absolute atomic E-state index is 13.2. The maximum Gasteiger partial charge on any atom is 0.270 e. The fraction of sp³-hybridized carbons (Fsp3) is 0.174. The third-order valence-electron chi connectivity index (χ3n) is 4.95. The smallest absolute Gasteiger partial charge is 0.270 e. The largest absolute Gasteiger partial charge is 0.347 e. The molecular formula is C23H21N3O2S. The molecule has 0 unspecified atom stereocenters. The Morgan fingerprint density at radius 3 is 2.66 bits per heavy atom. The molecule has 2 amide bonds. The Hall–Kier alpha value is -3.25. The van der Waals surface area contributed by atoms with E-state index in [0.29, 0.717) is 5.69 Å². The number of hydrogen-bond donors (Lipinski definition) is 1. The molecule has 0 aliphatic carbocycles. The lowest BCUT2D eigenvalue weighted by Gasteiger charge is -2.29. The second-order valence-corrected chi connectivity index (χ2v) is 7.48. The first-order valence-electron chi connectivity index (χ1n) is 9.55. The molecule has 1 aromatic heterocycles. The Morgan fingerprint density at radius 1 is 1.10 bits per heavy atom. The summed E-state index contributed by atoms with van der Waals surface area (Å²) in [6.07, 6.45) is 4.64. The van der Waals surface area contributed by atoms with Crippen LogP contribution >= 0.6 is 12.2 Å². The Balaban J connectivity index is 1.81. The predicted molar refractivity (Wildman–Crippen MR) is 120 cm³/mol. The molecular weight excluding hydrogens is 382 g/mol. The fourth-order valence-corrected chi connectivity index (χ4v) is 3.91. The molecule has 6 heteroatoms. The number of carbonyl (C=O) groups excluding carboxylic acids is 2. The van der Waals surface area contributed by atoms with Gasteiger partial charge in [0.05, 0.1) is 5.69 Å². The summed E-state index contributed by atoms with van der Waals surface area (Å²) in [6, 6.07) is 15.5. The van der Waals surface area contributed by atoms with Crippen LogP contribution in [0, 0.1) is 6.92 Å². The molecule has 0 atom stereocenters. The molecule has 1 aliphatic heterocycles. The van der Waals surface area contributed by atoms with E-state index in [4.69, 9.17) is 12.2 Å². The highest BCUT2D eigenvalue weighted by Crippen LogP contribution is 2.27. The first-order chi connectivity index (χ1) is 14.0. The summed E-state index contributed by atoms with van der Waals surface area (Å²) < 4.78 is 2.15. The van der Waals surface area contributed by atoms with Crippen LogP contribution in [0.4, 0.5) is 5.69 Å². The molecule has 3 aromatic rings. The fourth-order valence-electron chi connectivity index (χ4n) is 3.63.